The van der Waals surface area contributed by atoms with Gasteiger partial charge in [-0.15, -0.1) is 0 Å². The van der Waals surface area contributed by atoms with E-state index in [9.17, 15) is 18.0 Å². The van der Waals surface area contributed by atoms with E-state index >= 15 is 0 Å². The molecule has 0 radical (unpaired) electrons. The zero-order valence-corrected chi connectivity index (χ0v) is 11.1. The van der Waals surface area contributed by atoms with Crippen molar-refractivity contribution < 1.29 is 18.0 Å². The zero-order chi connectivity index (χ0) is 14.9. The quantitative estimate of drug-likeness (QED) is 0.890. The van der Waals surface area contributed by atoms with E-state index in [1.165, 1.54) is 11.9 Å². The Hall–Kier alpha value is -1.99. The number of nitrogens with zero attached hydrogens (tertiary/aromatic N) is 2. The molecule has 8 heteroatoms. The number of likely N-dealkylation sites (tertiary alicyclic amines) is 1. The SMILES string of the molecule is CNc1cc(C(F)(F)F)cc(NC2CCN(C)C2=O)n1. The molecule has 1 amide bonds. The summed E-state index contributed by atoms with van der Waals surface area (Å²) in [5.41, 5.74) is -0.807. The Labute approximate surface area is 114 Å². The fraction of sp³-hybridized carbons (Fsp3) is 0.500. The lowest BCUT2D eigenvalue weighted by atomic mass is 10.2. The number of nitrogens with one attached hydrogen (secondary N) is 2. The summed E-state index contributed by atoms with van der Waals surface area (Å²) in [6.07, 6.45) is -3.91. The third kappa shape index (κ3) is 2.94. The Morgan fingerprint density at radius 3 is 2.50 bits per heavy atom. The second kappa shape index (κ2) is 5.18. The van der Waals surface area contributed by atoms with E-state index in [0.29, 0.717) is 13.0 Å². The van der Waals surface area contributed by atoms with Crippen molar-refractivity contribution in [2.75, 3.05) is 31.3 Å². The minimum atomic E-state index is -4.46. The number of halogens is 3. The van der Waals surface area contributed by atoms with Crippen LogP contribution in [0.5, 0.6) is 0 Å². The highest BCUT2D eigenvalue weighted by Crippen LogP contribution is 2.32. The summed E-state index contributed by atoms with van der Waals surface area (Å²) in [5.74, 6) is -0.00540. The zero-order valence-electron chi connectivity index (χ0n) is 11.1. The number of amides is 1. The van der Waals surface area contributed by atoms with Crippen molar-refractivity contribution in [1.29, 1.82) is 0 Å². The van der Waals surface area contributed by atoms with Crippen molar-refractivity contribution >= 4 is 17.5 Å². The number of hydrogen-bond donors (Lipinski definition) is 2. The molecule has 2 heterocycles. The number of anilines is 2. The summed E-state index contributed by atoms with van der Waals surface area (Å²) in [6, 6.07) is 1.31. The Bertz CT molecular complexity index is 518. The molecular formula is C12H15F3N4O. The molecule has 1 fully saturated rings. The first-order chi connectivity index (χ1) is 9.31. The van der Waals surface area contributed by atoms with Crippen molar-refractivity contribution in [3.05, 3.63) is 17.7 Å². The molecule has 1 unspecified atom stereocenters. The van der Waals surface area contributed by atoms with Crippen LogP contribution in [0, 0.1) is 0 Å². The lowest BCUT2D eigenvalue weighted by Crippen LogP contribution is -2.31. The van der Waals surface area contributed by atoms with E-state index in [4.69, 9.17) is 0 Å². The van der Waals surface area contributed by atoms with Gasteiger partial charge in [0.05, 0.1) is 5.56 Å². The van der Waals surface area contributed by atoms with E-state index in [2.05, 4.69) is 15.6 Å². The summed E-state index contributed by atoms with van der Waals surface area (Å²) < 4.78 is 38.3. The van der Waals surface area contributed by atoms with E-state index in [1.54, 1.807) is 7.05 Å². The number of aromatic nitrogens is 1. The Balaban J connectivity index is 2.25. The lowest BCUT2D eigenvalue weighted by molar-refractivity contribution is -0.137. The smallest absolute Gasteiger partial charge is 0.373 e. The van der Waals surface area contributed by atoms with Crippen LogP contribution in [0.15, 0.2) is 12.1 Å². The Morgan fingerprint density at radius 1 is 1.35 bits per heavy atom. The Kier molecular flexibility index (Phi) is 3.74. The fourth-order valence-electron chi connectivity index (χ4n) is 2.03. The van der Waals surface area contributed by atoms with Crippen molar-refractivity contribution in [2.24, 2.45) is 0 Å². The largest absolute Gasteiger partial charge is 0.416 e. The van der Waals surface area contributed by atoms with Gasteiger partial charge < -0.3 is 15.5 Å². The summed E-state index contributed by atoms with van der Waals surface area (Å²) in [6.45, 7) is 0.578. The van der Waals surface area contributed by atoms with Gasteiger partial charge >= 0.3 is 6.18 Å². The van der Waals surface area contributed by atoms with E-state index < -0.39 is 17.8 Å². The molecule has 1 aliphatic rings. The van der Waals surface area contributed by atoms with Crippen LogP contribution in [-0.4, -0.2) is 42.5 Å². The molecular weight excluding hydrogens is 273 g/mol. The molecule has 1 aromatic heterocycles. The van der Waals surface area contributed by atoms with Crippen LogP contribution in [0.3, 0.4) is 0 Å². The highest BCUT2D eigenvalue weighted by atomic mass is 19.4. The fourth-order valence-corrected chi connectivity index (χ4v) is 2.03. The first kappa shape index (κ1) is 14.4. The molecule has 5 nitrogen and oxygen atoms in total. The summed E-state index contributed by atoms with van der Waals surface area (Å²) in [5, 5.41) is 5.34. The standard InChI is InChI=1S/C12H15F3N4O/c1-16-9-5-7(12(13,14)15)6-10(18-9)17-8-3-4-19(2)11(8)20/h5-6,8H,3-4H2,1-2H3,(H2,16,17,18). The van der Waals surface area contributed by atoms with Gasteiger partial charge in [-0.05, 0) is 18.6 Å². The third-order valence-electron chi connectivity index (χ3n) is 3.16. The van der Waals surface area contributed by atoms with Gasteiger partial charge in [0.15, 0.2) is 0 Å². The predicted octanol–water partition coefficient (Wildman–Crippen LogP) is 1.78. The number of rotatable bonds is 3. The molecule has 110 valence electrons. The number of pyridine rings is 1. The molecule has 0 bridgehead atoms. The Morgan fingerprint density at radius 2 is 2.00 bits per heavy atom. The molecule has 1 atom stereocenters. The van der Waals surface area contributed by atoms with Crippen LogP contribution >= 0.6 is 0 Å². The van der Waals surface area contributed by atoms with Crippen molar-refractivity contribution in [3.8, 4) is 0 Å². The number of alkyl halides is 3. The van der Waals surface area contributed by atoms with E-state index in [1.807, 2.05) is 0 Å². The number of likely N-dealkylation sites (N-methyl/N-ethyl adjacent to an activating group) is 1. The normalized spacial score (nSPS) is 19.4. The van der Waals surface area contributed by atoms with Crippen molar-refractivity contribution in [3.63, 3.8) is 0 Å². The van der Waals surface area contributed by atoms with Gasteiger partial charge in [-0.3, -0.25) is 4.79 Å². The van der Waals surface area contributed by atoms with Crippen molar-refractivity contribution in [2.45, 2.75) is 18.6 Å². The van der Waals surface area contributed by atoms with Gasteiger partial charge in [0.2, 0.25) is 5.91 Å². The summed E-state index contributed by atoms with van der Waals surface area (Å²) in [7, 11) is 3.14. The molecule has 0 aliphatic carbocycles. The summed E-state index contributed by atoms with van der Waals surface area (Å²) >= 11 is 0. The van der Waals surface area contributed by atoms with Gasteiger partial charge in [0.25, 0.3) is 0 Å². The number of carbonyl (C=O) groups excluding carboxylic acids is 1. The number of carbonyl (C=O) groups is 1. The highest BCUT2D eigenvalue weighted by molar-refractivity contribution is 5.86. The minimum Gasteiger partial charge on any atom is -0.373 e. The van der Waals surface area contributed by atoms with Gasteiger partial charge in [0.1, 0.15) is 17.7 Å². The van der Waals surface area contributed by atoms with Crippen LogP contribution in [0.2, 0.25) is 0 Å². The molecule has 0 aromatic carbocycles. The first-order valence-electron chi connectivity index (χ1n) is 6.10. The molecule has 2 N–H and O–H groups in total. The predicted molar refractivity (Wildman–Crippen MR) is 68.5 cm³/mol. The van der Waals surface area contributed by atoms with Gasteiger partial charge in [-0.25, -0.2) is 4.98 Å². The maximum atomic E-state index is 12.8. The summed E-state index contributed by atoms with van der Waals surface area (Å²) in [4.78, 5) is 17.3. The van der Waals surface area contributed by atoms with Crippen LogP contribution in [0.4, 0.5) is 24.8 Å². The molecule has 1 saturated heterocycles. The molecule has 1 aliphatic heterocycles. The number of hydrogen-bond acceptors (Lipinski definition) is 4. The first-order valence-corrected chi connectivity index (χ1v) is 6.10. The minimum absolute atomic E-state index is 0.0397. The maximum absolute atomic E-state index is 12.8. The maximum Gasteiger partial charge on any atom is 0.416 e. The highest BCUT2D eigenvalue weighted by Gasteiger charge is 2.33. The van der Waals surface area contributed by atoms with Crippen molar-refractivity contribution in [1.82, 2.24) is 9.88 Å². The molecule has 1 aromatic rings. The average molecular weight is 288 g/mol. The monoisotopic (exact) mass is 288 g/mol. The van der Waals surface area contributed by atoms with Crippen LogP contribution in [-0.2, 0) is 11.0 Å². The van der Waals surface area contributed by atoms with Crippen LogP contribution in [0.1, 0.15) is 12.0 Å². The molecule has 20 heavy (non-hydrogen) atoms. The third-order valence-corrected chi connectivity index (χ3v) is 3.16. The van der Waals surface area contributed by atoms with E-state index in [-0.39, 0.29) is 17.5 Å². The van der Waals surface area contributed by atoms with Gasteiger partial charge in [-0.2, -0.15) is 13.2 Å². The lowest BCUT2D eigenvalue weighted by Gasteiger charge is -2.15. The van der Waals surface area contributed by atoms with Crippen LogP contribution in [0.25, 0.3) is 0 Å². The van der Waals surface area contributed by atoms with Gasteiger partial charge in [0, 0.05) is 20.6 Å². The average Bonchev–Trinajstić information content (AvgIpc) is 2.69. The van der Waals surface area contributed by atoms with E-state index in [0.717, 1.165) is 12.1 Å². The molecule has 0 saturated carbocycles. The second-order valence-electron chi connectivity index (χ2n) is 4.62. The van der Waals surface area contributed by atoms with Crippen LogP contribution < -0.4 is 10.6 Å². The molecule has 0 spiro atoms. The second-order valence-corrected chi connectivity index (χ2v) is 4.62. The van der Waals surface area contributed by atoms with Gasteiger partial charge in [-0.1, -0.05) is 0 Å². The topological polar surface area (TPSA) is 57.3 Å². The molecule has 2 rings (SSSR count).